The van der Waals surface area contributed by atoms with E-state index in [1.807, 2.05) is 38.1 Å². The molecule has 0 bridgehead atoms. The van der Waals surface area contributed by atoms with Gasteiger partial charge in [-0.2, -0.15) is 0 Å². The van der Waals surface area contributed by atoms with Crippen molar-refractivity contribution in [2.24, 2.45) is 5.92 Å². The minimum Gasteiger partial charge on any atom is -0.372 e. The summed E-state index contributed by atoms with van der Waals surface area (Å²) in [5.74, 6) is 0.0782. The highest BCUT2D eigenvalue weighted by Crippen LogP contribution is 2.18. The van der Waals surface area contributed by atoms with Crippen LogP contribution in [0.2, 0.25) is 0 Å². The highest BCUT2D eigenvalue weighted by atomic mass is 16.2. The Balaban J connectivity index is 1.98. The molecule has 0 radical (unpaired) electrons. The average molecular weight is 367 g/mol. The maximum Gasteiger partial charge on any atom is 0.255 e. The van der Waals surface area contributed by atoms with Gasteiger partial charge in [-0.15, -0.1) is 0 Å². The molecule has 2 amide bonds. The Hall–Kier alpha value is -2.82. The molecule has 2 aromatic rings. The summed E-state index contributed by atoms with van der Waals surface area (Å²) in [5.41, 5.74) is 2.95. The molecule has 0 aromatic heterocycles. The second-order valence-corrected chi connectivity index (χ2v) is 6.85. The third kappa shape index (κ3) is 5.84. The number of rotatable bonds is 8. The molecule has 0 aliphatic carbocycles. The highest BCUT2D eigenvalue weighted by Gasteiger charge is 2.10. The van der Waals surface area contributed by atoms with E-state index in [4.69, 9.17) is 0 Å². The van der Waals surface area contributed by atoms with Crippen molar-refractivity contribution in [3.63, 3.8) is 0 Å². The van der Waals surface area contributed by atoms with Gasteiger partial charge in [-0.1, -0.05) is 13.8 Å². The van der Waals surface area contributed by atoms with E-state index in [0.29, 0.717) is 23.6 Å². The summed E-state index contributed by atoms with van der Waals surface area (Å²) >= 11 is 0. The van der Waals surface area contributed by atoms with Crippen LogP contribution >= 0.6 is 0 Å². The highest BCUT2D eigenvalue weighted by molar-refractivity contribution is 6.05. The summed E-state index contributed by atoms with van der Waals surface area (Å²) in [7, 11) is 0. The summed E-state index contributed by atoms with van der Waals surface area (Å²) < 4.78 is 0. The van der Waals surface area contributed by atoms with Gasteiger partial charge in [0.1, 0.15) is 0 Å². The van der Waals surface area contributed by atoms with Gasteiger partial charge in [-0.3, -0.25) is 9.59 Å². The van der Waals surface area contributed by atoms with E-state index in [9.17, 15) is 9.59 Å². The largest absolute Gasteiger partial charge is 0.372 e. The number of hydrogen-bond donors (Lipinski definition) is 2. The lowest BCUT2D eigenvalue weighted by molar-refractivity contribution is 0.0947. The quantitative estimate of drug-likeness (QED) is 0.736. The van der Waals surface area contributed by atoms with E-state index in [-0.39, 0.29) is 11.8 Å². The molecular weight excluding hydrogens is 338 g/mol. The molecule has 0 unspecified atom stereocenters. The summed E-state index contributed by atoms with van der Waals surface area (Å²) in [5, 5.41) is 5.76. The normalized spacial score (nSPS) is 10.6. The molecule has 0 aliphatic heterocycles. The molecular formula is C22H29N3O2. The Morgan fingerprint density at radius 1 is 0.852 bits per heavy atom. The van der Waals surface area contributed by atoms with Crippen LogP contribution in [-0.4, -0.2) is 31.4 Å². The first-order valence-corrected chi connectivity index (χ1v) is 9.49. The van der Waals surface area contributed by atoms with Crippen molar-refractivity contribution in [3.8, 4) is 0 Å². The first-order valence-electron chi connectivity index (χ1n) is 9.49. The lowest BCUT2D eigenvalue weighted by Crippen LogP contribution is -2.27. The SMILES string of the molecule is CCN(CC)c1ccc(NC(=O)c2ccc(C(=O)NCC(C)C)cc2)cc1. The van der Waals surface area contributed by atoms with Gasteiger partial charge in [0.2, 0.25) is 0 Å². The van der Waals surface area contributed by atoms with Crippen molar-refractivity contribution in [2.75, 3.05) is 29.9 Å². The van der Waals surface area contributed by atoms with Crippen molar-refractivity contribution in [3.05, 3.63) is 59.7 Å². The molecule has 27 heavy (non-hydrogen) atoms. The zero-order valence-corrected chi connectivity index (χ0v) is 16.6. The minimum atomic E-state index is -0.195. The predicted octanol–water partition coefficient (Wildman–Crippen LogP) is 4.17. The van der Waals surface area contributed by atoms with Crippen molar-refractivity contribution in [2.45, 2.75) is 27.7 Å². The van der Waals surface area contributed by atoms with Crippen molar-refractivity contribution >= 4 is 23.2 Å². The van der Waals surface area contributed by atoms with Crippen molar-refractivity contribution in [1.82, 2.24) is 5.32 Å². The zero-order chi connectivity index (χ0) is 19.8. The molecule has 2 N–H and O–H groups in total. The topological polar surface area (TPSA) is 61.4 Å². The van der Waals surface area contributed by atoms with Crippen LogP contribution in [0.15, 0.2) is 48.5 Å². The Labute approximate surface area is 161 Å². The Bertz CT molecular complexity index is 748. The van der Waals surface area contributed by atoms with Crippen LogP contribution in [0.3, 0.4) is 0 Å². The number of benzene rings is 2. The predicted molar refractivity (Wildman–Crippen MR) is 112 cm³/mol. The first-order chi connectivity index (χ1) is 12.9. The molecule has 5 heteroatoms. The van der Waals surface area contributed by atoms with Crippen molar-refractivity contribution < 1.29 is 9.59 Å². The second kappa shape index (κ2) is 9.76. The Morgan fingerprint density at radius 2 is 1.37 bits per heavy atom. The molecule has 0 saturated carbocycles. The van der Waals surface area contributed by atoms with E-state index >= 15 is 0 Å². The van der Waals surface area contributed by atoms with E-state index in [1.54, 1.807) is 24.3 Å². The molecule has 144 valence electrons. The molecule has 0 aliphatic rings. The number of nitrogens with one attached hydrogen (secondary N) is 2. The number of carbonyl (C=O) groups is 2. The van der Waals surface area contributed by atoms with Crippen LogP contribution in [-0.2, 0) is 0 Å². The second-order valence-electron chi connectivity index (χ2n) is 6.85. The molecule has 0 fully saturated rings. The minimum absolute atomic E-state index is 0.123. The standard InChI is InChI=1S/C22H29N3O2/c1-5-25(6-2)20-13-11-19(12-14-20)24-22(27)18-9-7-17(8-10-18)21(26)23-15-16(3)4/h7-14,16H,5-6,15H2,1-4H3,(H,23,26)(H,24,27). The van der Waals surface area contributed by atoms with Gasteiger partial charge in [0.15, 0.2) is 0 Å². The number of hydrogen-bond acceptors (Lipinski definition) is 3. The number of carbonyl (C=O) groups excluding carboxylic acids is 2. The van der Waals surface area contributed by atoms with Crippen LogP contribution in [0.5, 0.6) is 0 Å². The monoisotopic (exact) mass is 367 g/mol. The summed E-state index contributed by atoms with van der Waals surface area (Å²) in [6.45, 7) is 10.8. The van der Waals surface area contributed by atoms with Gasteiger partial charge in [-0.25, -0.2) is 0 Å². The molecule has 0 saturated heterocycles. The lowest BCUT2D eigenvalue weighted by atomic mass is 10.1. The number of amides is 2. The molecule has 5 nitrogen and oxygen atoms in total. The molecule has 0 atom stereocenters. The van der Waals surface area contributed by atoms with Crippen LogP contribution in [0.25, 0.3) is 0 Å². The van der Waals surface area contributed by atoms with Crippen molar-refractivity contribution in [1.29, 1.82) is 0 Å². The molecule has 0 spiro atoms. The van der Waals surface area contributed by atoms with Gasteiger partial charge < -0.3 is 15.5 Å². The smallest absolute Gasteiger partial charge is 0.255 e. The third-order valence-electron chi connectivity index (χ3n) is 4.33. The van der Waals surface area contributed by atoms with Gasteiger partial charge in [0.05, 0.1) is 0 Å². The summed E-state index contributed by atoms with van der Waals surface area (Å²) in [6.07, 6.45) is 0. The van der Waals surface area contributed by atoms with Crippen LogP contribution in [0, 0.1) is 5.92 Å². The van der Waals surface area contributed by atoms with Crippen LogP contribution in [0.1, 0.15) is 48.4 Å². The van der Waals surface area contributed by atoms with Crippen LogP contribution in [0.4, 0.5) is 11.4 Å². The fourth-order valence-electron chi connectivity index (χ4n) is 2.72. The van der Waals surface area contributed by atoms with E-state index < -0.39 is 0 Å². The van der Waals surface area contributed by atoms with Gasteiger partial charge in [-0.05, 0) is 68.3 Å². The number of anilines is 2. The van der Waals surface area contributed by atoms with E-state index in [2.05, 4.69) is 29.4 Å². The van der Waals surface area contributed by atoms with E-state index in [0.717, 1.165) is 24.5 Å². The van der Waals surface area contributed by atoms with Gasteiger partial charge in [0, 0.05) is 42.1 Å². The summed E-state index contributed by atoms with van der Waals surface area (Å²) in [6, 6.07) is 14.5. The Morgan fingerprint density at radius 3 is 1.85 bits per heavy atom. The lowest BCUT2D eigenvalue weighted by Gasteiger charge is -2.21. The fraction of sp³-hybridized carbons (Fsp3) is 0.364. The third-order valence-corrected chi connectivity index (χ3v) is 4.33. The average Bonchev–Trinajstić information content (AvgIpc) is 2.68. The molecule has 2 aromatic carbocycles. The van der Waals surface area contributed by atoms with Gasteiger partial charge in [0.25, 0.3) is 11.8 Å². The van der Waals surface area contributed by atoms with Gasteiger partial charge >= 0.3 is 0 Å². The maximum atomic E-state index is 12.4. The fourth-order valence-corrected chi connectivity index (χ4v) is 2.72. The zero-order valence-electron chi connectivity index (χ0n) is 16.6. The molecule has 2 rings (SSSR count). The summed E-state index contributed by atoms with van der Waals surface area (Å²) in [4.78, 5) is 26.7. The van der Waals surface area contributed by atoms with Crippen LogP contribution < -0.4 is 15.5 Å². The van der Waals surface area contributed by atoms with E-state index in [1.165, 1.54) is 0 Å². The number of nitrogens with zero attached hydrogens (tertiary/aromatic N) is 1. The molecule has 0 heterocycles. The first kappa shape index (κ1) is 20.5. The Kier molecular flexibility index (Phi) is 7.41. The maximum absolute atomic E-state index is 12.4.